The van der Waals surface area contributed by atoms with Gasteiger partial charge in [0.15, 0.2) is 0 Å². The minimum atomic E-state index is -0.294. The fourth-order valence-electron chi connectivity index (χ4n) is 3.21. The molecule has 4 rings (SSSR count). The van der Waals surface area contributed by atoms with Gasteiger partial charge in [-0.25, -0.2) is 4.39 Å². The number of benzene rings is 3. The van der Waals surface area contributed by atoms with Gasteiger partial charge in [0.05, 0.1) is 17.1 Å². The normalized spacial score (nSPS) is 10.1. The molecule has 150 valence electrons. The van der Waals surface area contributed by atoms with Crippen molar-refractivity contribution < 1.29 is 9.13 Å². The zero-order valence-electron chi connectivity index (χ0n) is 17.1. The van der Waals surface area contributed by atoms with Crippen LogP contribution in [0.1, 0.15) is 25.0 Å². The Hall–Kier alpha value is -3.84. The Morgan fingerprint density at radius 3 is 2.23 bits per heavy atom. The van der Waals surface area contributed by atoms with Gasteiger partial charge >= 0.3 is 0 Å². The van der Waals surface area contributed by atoms with Crippen LogP contribution < -0.4 is 4.74 Å². The molecule has 0 N–H and O–H groups in total. The minimum absolute atomic E-state index is 0.294. The molecule has 0 aliphatic carbocycles. The van der Waals surface area contributed by atoms with Gasteiger partial charge in [-0.3, -0.25) is 0 Å². The Morgan fingerprint density at radius 1 is 1.00 bits per heavy atom. The lowest BCUT2D eigenvalue weighted by atomic mass is 10.1. The number of nitrogens with zero attached hydrogens (tertiary/aromatic N) is 2. The molecule has 1 heterocycles. The summed E-state index contributed by atoms with van der Waals surface area (Å²) in [5.74, 6) is 0.958. The standard InChI is InChI=1S/C24H17FN2O.C2H6/c1-2-3-18-16-27(24-13-4-17(15-26)14-23(18)24)20-7-11-22(12-8-20)28-21-9-5-19(25)6-10-21;1-2/h2,4-14,16H,1,3H2;1-2H3. The largest absolute Gasteiger partial charge is 0.457 e. The van der Waals surface area contributed by atoms with Gasteiger partial charge in [-0.1, -0.05) is 19.9 Å². The van der Waals surface area contributed by atoms with E-state index in [1.807, 2.05) is 62.4 Å². The third-order valence-electron chi connectivity index (χ3n) is 4.54. The van der Waals surface area contributed by atoms with E-state index in [1.165, 1.54) is 12.1 Å². The number of nitriles is 1. The summed E-state index contributed by atoms with van der Waals surface area (Å²) < 4.78 is 20.9. The smallest absolute Gasteiger partial charge is 0.127 e. The third kappa shape index (κ3) is 4.42. The lowest BCUT2D eigenvalue weighted by molar-refractivity contribution is 0.480. The van der Waals surface area contributed by atoms with E-state index in [0.717, 1.165) is 28.6 Å². The molecule has 0 saturated heterocycles. The summed E-state index contributed by atoms with van der Waals surface area (Å²) in [7, 11) is 0. The Kier molecular flexibility index (Phi) is 6.67. The molecule has 4 aromatic rings. The zero-order valence-corrected chi connectivity index (χ0v) is 17.1. The predicted octanol–water partition coefficient (Wildman–Crippen LogP) is 7.19. The van der Waals surface area contributed by atoms with E-state index in [-0.39, 0.29) is 5.82 Å². The average Bonchev–Trinajstić information content (AvgIpc) is 3.15. The highest BCUT2D eigenvalue weighted by molar-refractivity contribution is 5.87. The van der Waals surface area contributed by atoms with E-state index in [4.69, 9.17) is 4.74 Å². The Bertz CT molecular complexity index is 1180. The lowest BCUT2D eigenvalue weighted by Gasteiger charge is -2.09. The van der Waals surface area contributed by atoms with Crippen LogP contribution in [0.25, 0.3) is 16.6 Å². The second-order valence-corrected chi connectivity index (χ2v) is 6.41. The van der Waals surface area contributed by atoms with Gasteiger partial charge in [-0.2, -0.15) is 5.26 Å². The molecule has 30 heavy (non-hydrogen) atoms. The maximum absolute atomic E-state index is 13.0. The molecule has 0 spiro atoms. The topological polar surface area (TPSA) is 38.0 Å². The molecule has 4 heteroatoms. The second-order valence-electron chi connectivity index (χ2n) is 6.41. The van der Waals surface area contributed by atoms with Gasteiger partial charge in [0.25, 0.3) is 0 Å². The molecule has 0 unspecified atom stereocenters. The summed E-state index contributed by atoms with van der Waals surface area (Å²) in [4.78, 5) is 0. The first-order chi connectivity index (χ1) is 14.7. The van der Waals surface area contributed by atoms with Crippen LogP contribution >= 0.6 is 0 Å². The fraction of sp³-hybridized carbons (Fsp3) is 0.115. The zero-order chi connectivity index (χ0) is 21.5. The molecule has 0 atom stereocenters. The van der Waals surface area contributed by atoms with Crippen molar-refractivity contribution in [1.29, 1.82) is 5.26 Å². The molecule has 0 bridgehead atoms. The first kappa shape index (κ1) is 20.9. The van der Waals surface area contributed by atoms with Crippen molar-refractivity contribution >= 4 is 10.9 Å². The number of aromatic nitrogens is 1. The van der Waals surface area contributed by atoms with Crippen molar-refractivity contribution in [3.63, 3.8) is 0 Å². The number of allylic oxidation sites excluding steroid dienone is 1. The number of ether oxygens (including phenoxy) is 1. The number of hydrogen-bond donors (Lipinski definition) is 0. The molecule has 0 radical (unpaired) electrons. The molecule has 0 amide bonds. The van der Waals surface area contributed by atoms with Crippen LogP contribution in [-0.4, -0.2) is 4.57 Å². The van der Waals surface area contributed by atoms with Crippen LogP contribution in [0.2, 0.25) is 0 Å². The summed E-state index contributed by atoms with van der Waals surface area (Å²) in [6.07, 6.45) is 4.66. The fourth-order valence-corrected chi connectivity index (χ4v) is 3.21. The van der Waals surface area contributed by atoms with Gasteiger partial charge in [0.1, 0.15) is 17.3 Å². The maximum Gasteiger partial charge on any atom is 0.127 e. The van der Waals surface area contributed by atoms with Crippen molar-refractivity contribution in [1.82, 2.24) is 4.57 Å². The molecule has 0 aliphatic heterocycles. The molecule has 0 saturated carbocycles. The summed E-state index contributed by atoms with van der Waals surface area (Å²) in [6.45, 7) is 7.83. The predicted molar refractivity (Wildman–Crippen MR) is 120 cm³/mol. The van der Waals surface area contributed by atoms with Crippen LogP contribution in [0.3, 0.4) is 0 Å². The van der Waals surface area contributed by atoms with Crippen molar-refractivity contribution in [2.24, 2.45) is 0 Å². The van der Waals surface area contributed by atoms with E-state index in [1.54, 1.807) is 12.1 Å². The van der Waals surface area contributed by atoms with E-state index in [2.05, 4.69) is 23.4 Å². The Morgan fingerprint density at radius 2 is 1.63 bits per heavy atom. The summed E-state index contributed by atoms with van der Waals surface area (Å²) in [5, 5.41) is 10.2. The summed E-state index contributed by atoms with van der Waals surface area (Å²) in [5.41, 5.74) is 3.77. The van der Waals surface area contributed by atoms with Crippen LogP contribution in [0, 0.1) is 17.1 Å². The minimum Gasteiger partial charge on any atom is -0.457 e. The third-order valence-corrected chi connectivity index (χ3v) is 4.54. The number of fused-ring (bicyclic) bond motifs is 1. The van der Waals surface area contributed by atoms with Crippen LogP contribution in [0.15, 0.2) is 85.6 Å². The van der Waals surface area contributed by atoms with E-state index in [0.29, 0.717) is 17.1 Å². The number of hydrogen-bond acceptors (Lipinski definition) is 2. The van der Waals surface area contributed by atoms with Crippen LogP contribution in [0.4, 0.5) is 4.39 Å². The monoisotopic (exact) mass is 398 g/mol. The van der Waals surface area contributed by atoms with E-state index >= 15 is 0 Å². The highest BCUT2D eigenvalue weighted by atomic mass is 19.1. The van der Waals surface area contributed by atoms with E-state index in [9.17, 15) is 9.65 Å². The van der Waals surface area contributed by atoms with E-state index < -0.39 is 0 Å². The van der Waals surface area contributed by atoms with Gasteiger partial charge in [0, 0.05) is 17.3 Å². The average molecular weight is 398 g/mol. The Labute approximate surface area is 176 Å². The van der Waals surface area contributed by atoms with Crippen molar-refractivity contribution in [3.8, 4) is 23.3 Å². The first-order valence-corrected chi connectivity index (χ1v) is 9.87. The van der Waals surface area contributed by atoms with Crippen LogP contribution in [-0.2, 0) is 6.42 Å². The Balaban J connectivity index is 0.00000124. The van der Waals surface area contributed by atoms with Gasteiger partial charge in [-0.05, 0) is 78.7 Å². The molecular weight excluding hydrogens is 375 g/mol. The SMILES string of the molecule is C=CCc1cn(-c2ccc(Oc3ccc(F)cc3)cc2)c2ccc(C#N)cc12.CC. The maximum atomic E-state index is 13.0. The molecule has 3 aromatic carbocycles. The first-order valence-electron chi connectivity index (χ1n) is 9.87. The van der Waals surface area contributed by atoms with Crippen molar-refractivity contribution in [3.05, 3.63) is 103 Å². The molecule has 3 nitrogen and oxygen atoms in total. The van der Waals surface area contributed by atoms with Gasteiger partial charge in [0.2, 0.25) is 0 Å². The number of rotatable bonds is 5. The summed E-state index contributed by atoms with van der Waals surface area (Å²) in [6, 6.07) is 21.5. The molecular formula is C26H23FN2O. The molecule has 0 aliphatic rings. The molecule has 1 aromatic heterocycles. The lowest BCUT2D eigenvalue weighted by Crippen LogP contribution is -1.92. The quantitative estimate of drug-likeness (QED) is 0.334. The van der Waals surface area contributed by atoms with Crippen LogP contribution in [0.5, 0.6) is 11.5 Å². The number of halogens is 1. The highest BCUT2D eigenvalue weighted by Crippen LogP contribution is 2.28. The van der Waals surface area contributed by atoms with Crippen molar-refractivity contribution in [2.75, 3.05) is 0 Å². The highest BCUT2D eigenvalue weighted by Gasteiger charge is 2.10. The van der Waals surface area contributed by atoms with Gasteiger partial charge < -0.3 is 9.30 Å². The second kappa shape index (κ2) is 9.58. The molecule has 0 fully saturated rings. The van der Waals surface area contributed by atoms with Gasteiger partial charge in [-0.15, -0.1) is 6.58 Å². The summed E-state index contributed by atoms with van der Waals surface area (Å²) >= 11 is 0. The van der Waals surface area contributed by atoms with Crippen molar-refractivity contribution in [2.45, 2.75) is 20.3 Å².